The lowest BCUT2D eigenvalue weighted by molar-refractivity contribution is -0.125. The van der Waals surface area contributed by atoms with Crippen molar-refractivity contribution in [3.05, 3.63) is 119 Å². The number of nitrogens with one attached hydrogen (secondary N) is 3. The first-order chi connectivity index (χ1) is 35.3. The third kappa shape index (κ3) is 13.9. The molecule has 0 bridgehead atoms. The molecule has 1 aromatic heterocycles. The summed E-state index contributed by atoms with van der Waals surface area (Å²) in [7, 11) is 0.0391. The topological polar surface area (TPSA) is 169 Å². The molecule has 4 amide bonds. The molecule has 2 atom stereocenters. The van der Waals surface area contributed by atoms with E-state index in [1.165, 1.54) is 7.05 Å². The number of benzene rings is 3. The molecular formula is C57H75N9O6S. The number of aldehydes is 1. The second kappa shape index (κ2) is 26.1. The monoisotopic (exact) mass is 1010 g/mol. The lowest BCUT2D eigenvalue weighted by atomic mass is 9.96. The quantitative estimate of drug-likeness (QED) is 0.0260. The molecule has 4 aromatic rings. The Bertz CT molecular complexity index is 2710. The molecule has 2 unspecified atom stereocenters. The van der Waals surface area contributed by atoms with Crippen LogP contribution in [0.15, 0.2) is 89.9 Å². The highest BCUT2D eigenvalue weighted by Crippen LogP contribution is 2.32. The maximum Gasteiger partial charge on any atom is 0.262 e. The van der Waals surface area contributed by atoms with Crippen molar-refractivity contribution < 1.29 is 28.2 Å². The van der Waals surface area contributed by atoms with Gasteiger partial charge in [-0.1, -0.05) is 67.8 Å². The molecule has 390 valence electrons. The Hall–Kier alpha value is -6.23. The number of carbonyl (C=O) groups is 5. The lowest BCUT2D eigenvalue weighted by Crippen LogP contribution is -2.49. The third-order valence-corrected chi connectivity index (χ3v) is 15.9. The summed E-state index contributed by atoms with van der Waals surface area (Å²) < 4.78 is 19.0. The summed E-state index contributed by atoms with van der Waals surface area (Å²) in [5.74, 6) is 0.209. The minimum atomic E-state index is -1.41. The Kier molecular flexibility index (Phi) is 19.5. The summed E-state index contributed by atoms with van der Waals surface area (Å²) in [6, 6.07) is 14.5. The van der Waals surface area contributed by atoms with E-state index in [0.717, 1.165) is 157 Å². The predicted octanol–water partition coefficient (Wildman–Crippen LogP) is 7.62. The van der Waals surface area contributed by atoms with Crippen molar-refractivity contribution in [2.75, 3.05) is 75.6 Å². The van der Waals surface area contributed by atoms with Crippen LogP contribution in [0.4, 0.5) is 11.4 Å². The van der Waals surface area contributed by atoms with Crippen molar-refractivity contribution in [3.8, 4) is 0 Å². The number of hydrogen-bond acceptors (Lipinski definition) is 10. The second-order valence-electron chi connectivity index (χ2n) is 19.9. The molecule has 3 aliphatic heterocycles. The van der Waals surface area contributed by atoms with Crippen LogP contribution in [0, 0.1) is 26.7 Å². The number of anilines is 2. The van der Waals surface area contributed by atoms with Gasteiger partial charge in [-0.2, -0.15) is 0 Å². The van der Waals surface area contributed by atoms with Gasteiger partial charge < -0.3 is 29.6 Å². The summed E-state index contributed by atoms with van der Waals surface area (Å²) in [5.41, 5.74) is 8.43. The van der Waals surface area contributed by atoms with Crippen LogP contribution in [0.3, 0.4) is 0 Å². The second-order valence-corrected chi connectivity index (χ2v) is 21.0. The van der Waals surface area contributed by atoms with Crippen LogP contribution in [0.2, 0.25) is 0 Å². The third-order valence-electron chi connectivity index (χ3n) is 14.4. The minimum absolute atomic E-state index is 0.0647. The van der Waals surface area contributed by atoms with Crippen LogP contribution in [0.5, 0.6) is 0 Å². The number of rotatable bonds is 25. The Morgan fingerprint density at radius 1 is 0.863 bits per heavy atom. The molecule has 2 saturated heterocycles. The fourth-order valence-electron chi connectivity index (χ4n) is 10.7. The highest BCUT2D eigenvalue weighted by Gasteiger charge is 2.43. The highest BCUT2D eigenvalue weighted by atomic mass is 32.2. The van der Waals surface area contributed by atoms with E-state index in [1.807, 2.05) is 57.2 Å². The number of hydrogen-bond donors (Lipinski definition) is 3. The van der Waals surface area contributed by atoms with E-state index in [2.05, 4.69) is 72.4 Å². The standard InChI is InChI=1S/C57H75N9O6S/c1-7-15-43(16-8-2)38-65-50-22-19-45(61-73(72)54-41(4)33-40(3)34-42(54)5)35-49(50)60-52(65)18-12-10-9-11-13-25-59-53(68)39-62-26-23-44(24-27-62)37-63-28-30-64(31-29-63)46-20-21-47-48(36-46)57(71)66(56(47)70)51(17-14-32-67)55(69)58-6/h7-8,15-16,19-22,32-36,44,51,61H,1,9-14,17-18,23-31,37-39H2,2-6H3,(H,58,69)(H,59,68)/b16-8-,43-15+. The van der Waals surface area contributed by atoms with E-state index in [4.69, 9.17) is 4.98 Å². The Morgan fingerprint density at radius 2 is 1.58 bits per heavy atom. The molecular weight excluding hydrogens is 939 g/mol. The van der Waals surface area contributed by atoms with Crippen molar-refractivity contribution in [1.29, 1.82) is 0 Å². The van der Waals surface area contributed by atoms with Crippen LogP contribution in [0.1, 0.15) is 108 Å². The first-order valence-corrected chi connectivity index (χ1v) is 27.3. The summed E-state index contributed by atoms with van der Waals surface area (Å²) in [6.45, 7) is 20.0. The fraction of sp³-hybridized carbons (Fsp3) is 0.474. The van der Waals surface area contributed by atoms with Gasteiger partial charge in [-0.15, -0.1) is 0 Å². The molecule has 3 N–H and O–H groups in total. The molecule has 3 aliphatic rings. The van der Waals surface area contributed by atoms with Crippen molar-refractivity contribution in [2.45, 2.75) is 109 Å². The summed E-state index contributed by atoms with van der Waals surface area (Å²) in [6.07, 6.45) is 16.9. The molecule has 7 rings (SSSR count). The Balaban J connectivity index is 0.792. The fourth-order valence-corrected chi connectivity index (χ4v) is 11.9. The number of likely N-dealkylation sites (tertiary alicyclic amines) is 1. The smallest absolute Gasteiger partial charge is 0.262 e. The van der Waals surface area contributed by atoms with E-state index in [-0.39, 0.29) is 24.3 Å². The van der Waals surface area contributed by atoms with Gasteiger partial charge in [0.2, 0.25) is 11.8 Å². The van der Waals surface area contributed by atoms with Crippen LogP contribution >= 0.6 is 0 Å². The maximum atomic E-state index is 13.5. The number of nitrogens with zero attached hydrogens (tertiary/aromatic N) is 6. The molecule has 73 heavy (non-hydrogen) atoms. The number of imide groups is 1. The van der Waals surface area contributed by atoms with Gasteiger partial charge in [0.05, 0.1) is 33.6 Å². The largest absolute Gasteiger partial charge is 0.369 e. The van der Waals surface area contributed by atoms with Gasteiger partial charge in [0.25, 0.3) is 11.8 Å². The van der Waals surface area contributed by atoms with Crippen LogP contribution in [-0.2, 0) is 38.3 Å². The van der Waals surface area contributed by atoms with E-state index in [0.29, 0.717) is 37.4 Å². The van der Waals surface area contributed by atoms with Crippen molar-refractivity contribution in [3.63, 3.8) is 0 Å². The minimum Gasteiger partial charge on any atom is -0.369 e. The number of imidazole rings is 1. The van der Waals surface area contributed by atoms with Gasteiger partial charge in [0.15, 0.2) is 11.0 Å². The number of piperazine rings is 1. The molecule has 0 aliphatic carbocycles. The van der Waals surface area contributed by atoms with Crippen molar-refractivity contribution >= 4 is 63.3 Å². The normalized spacial score (nSPS) is 16.8. The van der Waals surface area contributed by atoms with Gasteiger partial charge in [0, 0.05) is 77.1 Å². The Labute approximate surface area is 434 Å². The highest BCUT2D eigenvalue weighted by molar-refractivity contribution is 7.86. The zero-order valence-corrected chi connectivity index (χ0v) is 44.4. The molecule has 0 saturated carbocycles. The van der Waals surface area contributed by atoms with Gasteiger partial charge in [0.1, 0.15) is 18.2 Å². The van der Waals surface area contributed by atoms with Gasteiger partial charge in [-0.3, -0.25) is 33.9 Å². The first-order valence-electron chi connectivity index (χ1n) is 26.2. The van der Waals surface area contributed by atoms with Crippen LogP contribution in [-0.4, -0.2) is 130 Å². The van der Waals surface area contributed by atoms with Crippen LogP contribution in [0.25, 0.3) is 11.0 Å². The van der Waals surface area contributed by atoms with E-state index >= 15 is 0 Å². The van der Waals surface area contributed by atoms with E-state index in [9.17, 15) is 28.2 Å². The van der Waals surface area contributed by atoms with E-state index < -0.39 is 34.7 Å². The first kappa shape index (κ1) is 54.5. The maximum absolute atomic E-state index is 13.5. The number of amides is 4. The number of fused-ring (bicyclic) bond motifs is 2. The summed E-state index contributed by atoms with van der Waals surface area (Å²) in [5, 5.41) is 5.68. The number of aryl methyl sites for hydroxylation is 4. The molecule has 4 heterocycles. The number of likely N-dealkylation sites (N-methyl/N-ethyl adjacent to an activating group) is 1. The average molecular weight is 1010 g/mol. The molecule has 3 aromatic carbocycles. The number of carbonyl (C=O) groups excluding carboxylic acids is 5. The van der Waals surface area contributed by atoms with Crippen molar-refractivity contribution in [1.82, 2.24) is 34.9 Å². The zero-order valence-electron chi connectivity index (χ0n) is 43.6. The molecule has 16 heteroatoms. The molecule has 2 fully saturated rings. The summed E-state index contributed by atoms with van der Waals surface area (Å²) >= 11 is 0. The van der Waals surface area contributed by atoms with Gasteiger partial charge in [-0.25, -0.2) is 9.19 Å². The van der Waals surface area contributed by atoms with Gasteiger partial charge in [-0.05, 0) is 132 Å². The lowest BCUT2D eigenvalue weighted by Gasteiger charge is -2.39. The van der Waals surface area contributed by atoms with E-state index in [1.54, 1.807) is 12.1 Å². The zero-order chi connectivity index (χ0) is 52.0. The average Bonchev–Trinajstić information content (AvgIpc) is 3.83. The number of allylic oxidation sites excluding steroid dienone is 5. The number of aromatic nitrogens is 2. The van der Waals surface area contributed by atoms with Crippen molar-refractivity contribution in [2.24, 2.45) is 5.92 Å². The van der Waals surface area contributed by atoms with Crippen LogP contribution < -0.4 is 20.3 Å². The number of unbranched alkanes of at least 4 members (excludes halogenated alkanes) is 4. The molecule has 0 radical (unpaired) electrons. The molecule has 0 spiro atoms. The predicted molar refractivity (Wildman–Crippen MR) is 291 cm³/mol. The molecule has 15 nitrogen and oxygen atoms in total. The SMILES string of the molecule is C=C/C=C(\C=C/C)Cn1c(CCCCCCCNC(=O)CN2CCC(CN3CCN(c4ccc5c(c4)C(=O)N(C(CCC=O)C(=O)NC)C5=O)CC3)CC2)nc2cc(NS(=O)c3c(C)cc(C)cc3C)ccc21. The Morgan fingerprint density at radius 3 is 2.27 bits per heavy atom. The summed E-state index contributed by atoms with van der Waals surface area (Å²) in [4.78, 5) is 77.2. The number of piperidine rings is 1. The van der Waals surface area contributed by atoms with Gasteiger partial charge >= 0.3 is 0 Å².